The summed E-state index contributed by atoms with van der Waals surface area (Å²) in [5.74, 6) is -1.22. The van der Waals surface area contributed by atoms with Crippen molar-refractivity contribution in [2.75, 3.05) is 0 Å². The van der Waals surface area contributed by atoms with Crippen molar-refractivity contribution in [2.24, 2.45) is 0 Å². The first-order chi connectivity index (χ1) is 7.45. The van der Waals surface area contributed by atoms with Crippen LogP contribution in [-0.2, 0) is 11.2 Å². The van der Waals surface area contributed by atoms with Crippen LogP contribution in [0.5, 0.6) is 0 Å². The number of carboxylic acids is 1. The van der Waals surface area contributed by atoms with Crippen LogP contribution < -0.4 is 0 Å². The Hall–Kier alpha value is -1.30. The molecule has 0 aliphatic carbocycles. The number of aromatic nitrogens is 1. The minimum Gasteiger partial charge on any atom is -0.481 e. The largest absolute Gasteiger partial charge is 0.481 e. The lowest BCUT2D eigenvalue weighted by Gasteiger charge is -2.07. The van der Waals surface area contributed by atoms with Crippen molar-refractivity contribution in [1.82, 2.24) is 4.98 Å². The molecule has 0 aromatic carbocycles. The predicted octanol–water partition coefficient (Wildman–Crippen LogP) is 2.12. The van der Waals surface area contributed by atoms with Gasteiger partial charge in [0.1, 0.15) is 11.8 Å². The Morgan fingerprint density at radius 2 is 2.31 bits per heavy atom. The molecule has 0 bridgehead atoms. The summed E-state index contributed by atoms with van der Waals surface area (Å²) < 4.78 is 25.5. The van der Waals surface area contributed by atoms with Crippen LogP contribution in [0.25, 0.3) is 0 Å². The third-order valence-corrected chi connectivity index (χ3v) is 2.57. The molecule has 0 saturated heterocycles. The number of nitriles is 1. The smallest absolute Gasteiger partial charge is 0.307 e. The maximum atomic E-state index is 12.6. The zero-order chi connectivity index (χ0) is 12.3. The van der Waals surface area contributed by atoms with E-state index >= 15 is 0 Å². The summed E-state index contributed by atoms with van der Waals surface area (Å²) in [5.41, 5.74) is -0.824. The third-order valence-electron chi connectivity index (χ3n) is 1.74. The molecule has 1 heterocycles. The average molecular weight is 338 g/mol. The van der Waals surface area contributed by atoms with Crippen LogP contribution in [0.4, 0.5) is 8.78 Å². The highest BCUT2D eigenvalue weighted by Gasteiger charge is 2.19. The number of pyridine rings is 1. The Balaban J connectivity index is 3.31. The monoisotopic (exact) mass is 338 g/mol. The molecule has 0 unspecified atom stereocenters. The topological polar surface area (TPSA) is 74.0 Å². The molecule has 1 aromatic heterocycles. The highest BCUT2D eigenvalue weighted by molar-refractivity contribution is 14.1. The van der Waals surface area contributed by atoms with Crippen molar-refractivity contribution in [3.8, 4) is 6.07 Å². The number of carbonyl (C=O) groups is 1. The van der Waals surface area contributed by atoms with Gasteiger partial charge in [0.15, 0.2) is 5.69 Å². The van der Waals surface area contributed by atoms with E-state index in [1.165, 1.54) is 6.07 Å². The zero-order valence-corrected chi connectivity index (χ0v) is 9.90. The summed E-state index contributed by atoms with van der Waals surface area (Å²) >= 11 is 1.75. The van der Waals surface area contributed by atoms with E-state index in [2.05, 4.69) is 4.98 Å². The summed E-state index contributed by atoms with van der Waals surface area (Å²) in [6.07, 6.45) is -3.42. The van der Waals surface area contributed by atoms with Crippen LogP contribution in [0.3, 0.4) is 0 Å². The van der Waals surface area contributed by atoms with Gasteiger partial charge in [0, 0.05) is 3.57 Å². The zero-order valence-electron chi connectivity index (χ0n) is 7.75. The number of aliphatic carboxylic acids is 1. The molecule has 0 fully saturated rings. The quantitative estimate of drug-likeness (QED) is 0.857. The second-order valence-corrected chi connectivity index (χ2v) is 4.01. The lowest BCUT2D eigenvalue weighted by atomic mass is 10.1. The van der Waals surface area contributed by atoms with E-state index in [0.717, 1.165) is 0 Å². The Morgan fingerprint density at radius 3 is 2.75 bits per heavy atom. The molecule has 1 N–H and O–H groups in total. The average Bonchev–Trinajstić information content (AvgIpc) is 2.16. The number of alkyl halides is 2. The molecule has 1 rings (SSSR count). The number of hydrogen-bond acceptors (Lipinski definition) is 3. The molecule has 16 heavy (non-hydrogen) atoms. The Morgan fingerprint density at radius 1 is 1.69 bits per heavy atom. The van der Waals surface area contributed by atoms with Crippen LogP contribution in [0.2, 0.25) is 0 Å². The molecule has 0 aliphatic heterocycles. The van der Waals surface area contributed by atoms with E-state index in [4.69, 9.17) is 10.4 Å². The van der Waals surface area contributed by atoms with E-state index < -0.39 is 24.5 Å². The van der Waals surface area contributed by atoms with E-state index in [1.807, 2.05) is 0 Å². The molecule has 0 spiro atoms. The van der Waals surface area contributed by atoms with Crippen molar-refractivity contribution in [1.29, 1.82) is 5.26 Å². The molecule has 7 heteroatoms. The minimum absolute atomic E-state index is 0.0640. The molecule has 0 saturated carbocycles. The van der Waals surface area contributed by atoms with Gasteiger partial charge in [0.2, 0.25) is 0 Å². The highest BCUT2D eigenvalue weighted by atomic mass is 127. The first-order valence-electron chi connectivity index (χ1n) is 4.05. The highest BCUT2D eigenvalue weighted by Crippen LogP contribution is 2.24. The minimum atomic E-state index is -2.89. The second-order valence-electron chi connectivity index (χ2n) is 2.85. The molecule has 0 amide bonds. The van der Waals surface area contributed by atoms with Gasteiger partial charge in [-0.25, -0.2) is 13.8 Å². The van der Waals surface area contributed by atoms with Gasteiger partial charge in [-0.3, -0.25) is 4.79 Å². The van der Waals surface area contributed by atoms with Crippen LogP contribution in [0, 0.1) is 14.9 Å². The first kappa shape index (κ1) is 12.8. The van der Waals surface area contributed by atoms with E-state index in [1.54, 1.807) is 28.7 Å². The lowest BCUT2D eigenvalue weighted by Crippen LogP contribution is -2.08. The molecule has 0 atom stereocenters. The maximum absolute atomic E-state index is 12.6. The summed E-state index contributed by atoms with van der Waals surface area (Å²) in [6, 6.07) is 2.92. The summed E-state index contributed by atoms with van der Waals surface area (Å²) in [7, 11) is 0. The van der Waals surface area contributed by atoms with Crippen LogP contribution in [-0.4, -0.2) is 16.1 Å². The van der Waals surface area contributed by atoms with Gasteiger partial charge in [0.25, 0.3) is 6.43 Å². The Labute approximate surface area is 103 Å². The first-order valence-corrected chi connectivity index (χ1v) is 5.13. The van der Waals surface area contributed by atoms with Gasteiger partial charge in [-0.15, -0.1) is 0 Å². The molecular formula is C9H5F2IN2O2. The van der Waals surface area contributed by atoms with Gasteiger partial charge >= 0.3 is 5.97 Å². The molecule has 4 nitrogen and oxygen atoms in total. The maximum Gasteiger partial charge on any atom is 0.307 e. The normalized spacial score (nSPS) is 10.2. The molecular weight excluding hydrogens is 333 g/mol. The van der Waals surface area contributed by atoms with Gasteiger partial charge in [-0.1, -0.05) is 0 Å². The summed E-state index contributed by atoms with van der Waals surface area (Å²) in [5, 5.41) is 17.2. The Kier molecular flexibility index (Phi) is 4.12. The number of rotatable bonds is 3. The van der Waals surface area contributed by atoms with E-state index in [-0.39, 0.29) is 11.3 Å². The van der Waals surface area contributed by atoms with Crippen LogP contribution >= 0.6 is 22.6 Å². The lowest BCUT2D eigenvalue weighted by molar-refractivity contribution is -0.136. The fraction of sp³-hybridized carbons (Fsp3) is 0.222. The molecule has 1 aromatic rings. The third kappa shape index (κ3) is 2.85. The van der Waals surface area contributed by atoms with E-state index in [9.17, 15) is 13.6 Å². The fourth-order valence-corrected chi connectivity index (χ4v) is 1.73. The molecule has 0 radical (unpaired) electrons. The Bertz CT molecular complexity index is 471. The predicted molar refractivity (Wildman–Crippen MR) is 58.0 cm³/mol. The fourth-order valence-electron chi connectivity index (χ4n) is 1.11. The summed E-state index contributed by atoms with van der Waals surface area (Å²) in [4.78, 5) is 13.9. The van der Waals surface area contributed by atoms with Crippen molar-refractivity contribution in [3.05, 3.63) is 26.6 Å². The van der Waals surface area contributed by atoms with Crippen molar-refractivity contribution in [2.45, 2.75) is 12.8 Å². The number of nitrogens with zero attached hydrogens (tertiary/aromatic N) is 2. The number of carboxylic acid groups (broad SMARTS) is 1. The van der Waals surface area contributed by atoms with Gasteiger partial charge in [0.05, 0.1) is 6.42 Å². The van der Waals surface area contributed by atoms with Gasteiger partial charge < -0.3 is 5.11 Å². The summed E-state index contributed by atoms with van der Waals surface area (Å²) in [6.45, 7) is 0. The van der Waals surface area contributed by atoms with Crippen molar-refractivity contribution in [3.63, 3.8) is 0 Å². The van der Waals surface area contributed by atoms with Gasteiger partial charge in [-0.05, 0) is 34.2 Å². The van der Waals surface area contributed by atoms with Crippen LogP contribution in [0.1, 0.15) is 23.4 Å². The van der Waals surface area contributed by atoms with Crippen molar-refractivity contribution >= 4 is 28.6 Å². The molecule has 84 valence electrons. The van der Waals surface area contributed by atoms with E-state index in [0.29, 0.717) is 3.57 Å². The number of hydrogen-bond donors (Lipinski definition) is 1. The van der Waals surface area contributed by atoms with Gasteiger partial charge in [-0.2, -0.15) is 5.26 Å². The SMILES string of the molecule is N#Cc1nc(C(F)F)c(CC(=O)O)cc1I. The standard InChI is InChI=1S/C9H5F2IN2O2/c10-9(11)8-4(2-7(15)16)1-5(12)6(3-13)14-8/h1,9H,2H2,(H,15,16). The molecule has 0 aliphatic rings. The van der Waals surface area contributed by atoms with Crippen LogP contribution in [0.15, 0.2) is 6.07 Å². The number of halogens is 3. The second kappa shape index (κ2) is 5.16. The van der Waals surface area contributed by atoms with Crippen molar-refractivity contribution < 1.29 is 18.7 Å².